The maximum Gasteiger partial charge on any atom is 0.0658 e. The second-order valence-electron chi connectivity index (χ2n) is 3.61. The van der Waals surface area contributed by atoms with Gasteiger partial charge < -0.3 is 9.84 Å². The van der Waals surface area contributed by atoms with Crippen molar-refractivity contribution in [2.45, 2.75) is 43.5 Å². The number of ether oxygens (including phenoxy) is 1. The highest BCUT2D eigenvalue weighted by molar-refractivity contribution is 7.99. The van der Waals surface area contributed by atoms with Gasteiger partial charge in [0.15, 0.2) is 0 Å². The normalized spacial score (nSPS) is 29.1. The van der Waals surface area contributed by atoms with Crippen molar-refractivity contribution in [1.29, 1.82) is 0 Å². The Morgan fingerprint density at radius 1 is 1.38 bits per heavy atom. The Balaban J connectivity index is 2.05. The van der Waals surface area contributed by atoms with Crippen LogP contribution in [-0.4, -0.2) is 35.9 Å². The van der Waals surface area contributed by atoms with Crippen LogP contribution in [0, 0.1) is 0 Å². The molecule has 1 aliphatic rings. The highest BCUT2D eigenvalue weighted by Crippen LogP contribution is 2.28. The van der Waals surface area contributed by atoms with Crippen LogP contribution in [0.4, 0.5) is 0 Å². The summed E-state index contributed by atoms with van der Waals surface area (Å²) < 4.78 is 4.98. The summed E-state index contributed by atoms with van der Waals surface area (Å²) in [6.07, 6.45) is 5.74. The van der Waals surface area contributed by atoms with E-state index in [9.17, 15) is 5.11 Å². The second kappa shape index (κ2) is 6.68. The van der Waals surface area contributed by atoms with Gasteiger partial charge in [-0.25, -0.2) is 0 Å². The lowest BCUT2D eigenvalue weighted by Gasteiger charge is -2.26. The van der Waals surface area contributed by atoms with Gasteiger partial charge in [-0.3, -0.25) is 0 Å². The molecule has 78 valence electrons. The number of aliphatic hydroxyl groups excluding tert-OH is 1. The van der Waals surface area contributed by atoms with Gasteiger partial charge in [0, 0.05) is 19.0 Å². The minimum Gasteiger partial charge on any atom is -0.392 e. The maximum atomic E-state index is 9.67. The van der Waals surface area contributed by atoms with Gasteiger partial charge in [0.25, 0.3) is 0 Å². The van der Waals surface area contributed by atoms with Crippen molar-refractivity contribution in [2.75, 3.05) is 19.5 Å². The van der Waals surface area contributed by atoms with Crippen molar-refractivity contribution in [3.63, 3.8) is 0 Å². The van der Waals surface area contributed by atoms with Crippen molar-refractivity contribution in [1.82, 2.24) is 0 Å². The van der Waals surface area contributed by atoms with Crippen LogP contribution in [0.15, 0.2) is 0 Å². The number of rotatable bonds is 5. The molecular formula is C10H20O2S. The summed E-state index contributed by atoms with van der Waals surface area (Å²) in [5.41, 5.74) is 0. The number of methoxy groups -OCH3 is 1. The predicted molar refractivity (Wildman–Crippen MR) is 57.2 cm³/mol. The highest BCUT2D eigenvalue weighted by Gasteiger charge is 2.22. The fraction of sp³-hybridized carbons (Fsp3) is 1.00. The maximum absolute atomic E-state index is 9.67. The zero-order valence-corrected chi connectivity index (χ0v) is 9.18. The molecule has 0 unspecified atom stereocenters. The summed E-state index contributed by atoms with van der Waals surface area (Å²) in [5, 5.41) is 10.2. The van der Waals surface area contributed by atoms with Gasteiger partial charge >= 0.3 is 0 Å². The molecule has 3 heteroatoms. The number of thioether (sulfide) groups is 1. The molecule has 1 saturated carbocycles. The van der Waals surface area contributed by atoms with E-state index in [-0.39, 0.29) is 6.10 Å². The standard InChI is InChI=1S/C10H20O2S/c1-12-7-4-8-13-10-6-3-2-5-9(10)11/h9-11H,2-8H2,1H3/t9-,10-/m0/s1. The molecule has 1 N–H and O–H groups in total. The SMILES string of the molecule is COCCCS[C@H]1CCCC[C@@H]1O. The van der Waals surface area contributed by atoms with Gasteiger partial charge in [-0.1, -0.05) is 12.8 Å². The van der Waals surface area contributed by atoms with E-state index in [4.69, 9.17) is 4.74 Å². The van der Waals surface area contributed by atoms with Crippen LogP contribution in [0.1, 0.15) is 32.1 Å². The quantitative estimate of drug-likeness (QED) is 0.695. The molecule has 0 aromatic heterocycles. The van der Waals surface area contributed by atoms with Crippen molar-refractivity contribution in [3.05, 3.63) is 0 Å². The fourth-order valence-corrected chi connectivity index (χ4v) is 2.99. The molecule has 0 saturated heterocycles. The Bertz CT molecular complexity index is 130. The predicted octanol–water partition coefficient (Wildman–Crippen LogP) is 2.06. The summed E-state index contributed by atoms with van der Waals surface area (Å²) in [7, 11) is 1.74. The number of hydrogen-bond acceptors (Lipinski definition) is 3. The molecular weight excluding hydrogens is 184 g/mol. The van der Waals surface area contributed by atoms with Gasteiger partial charge in [0.05, 0.1) is 6.10 Å². The number of hydrogen-bond donors (Lipinski definition) is 1. The molecule has 2 nitrogen and oxygen atoms in total. The summed E-state index contributed by atoms with van der Waals surface area (Å²) in [5.74, 6) is 1.12. The Kier molecular flexibility index (Phi) is 5.83. The van der Waals surface area contributed by atoms with Crippen LogP contribution in [0.25, 0.3) is 0 Å². The lowest BCUT2D eigenvalue weighted by atomic mass is 9.97. The van der Waals surface area contributed by atoms with Crippen LogP contribution < -0.4 is 0 Å². The third-order valence-electron chi connectivity index (χ3n) is 2.49. The van der Waals surface area contributed by atoms with Crippen LogP contribution in [0.5, 0.6) is 0 Å². The smallest absolute Gasteiger partial charge is 0.0658 e. The zero-order valence-electron chi connectivity index (χ0n) is 8.37. The van der Waals surface area contributed by atoms with Gasteiger partial charge in [0.2, 0.25) is 0 Å². The van der Waals surface area contributed by atoms with E-state index in [2.05, 4.69) is 0 Å². The Morgan fingerprint density at radius 2 is 2.15 bits per heavy atom. The van der Waals surface area contributed by atoms with E-state index < -0.39 is 0 Å². The van der Waals surface area contributed by atoms with Gasteiger partial charge in [-0.15, -0.1) is 0 Å². The van der Waals surface area contributed by atoms with Gasteiger partial charge in [0.1, 0.15) is 0 Å². The molecule has 0 bridgehead atoms. The lowest BCUT2D eigenvalue weighted by molar-refractivity contribution is 0.137. The van der Waals surface area contributed by atoms with E-state index in [1.807, 2.05) is 11.8 Å². The summed E-state index contributed by atoms with van der Waals surface area (Å²) in [4.78, 5) is 0. The van der Waals surface area contributed by atoms with E-state index in [1.165, 1.54) is 19.3 Å². The Hall–Kier alpha value is 0.270. The fourth-order valence-electron chi connectivity index (χ4n) is 1.71. The summed E-state index contributed by atoms with van der Waals surface area (Å²) in [6, 6.07) is 0. The van der Waals surface area contributed by atoms with Crippen LogP contribution in [0.3, 0.4) is 0 Å². The van der Waals surface area contributed by atoms with Gasteiger partial charge in [-0.2, -0.15) is 11.8 Å². The summed E-state index contributed by atoms with van der Waals surface area (Å²) >= 11 is 1.92. The monoisotopic (exact) mass is 204 g/mol. The Morgan fingerprint density at radius 3 is 2.85 bits per heavy atom. The van der Waals surface area contributed by atoms with E-state index >= 15 is 0 Å². The van der Waals surface area contributed by atoms with Crippen molar-refractivity contribution in [2.24, 2.45) is 0 Å². The van der Waals surface area contributed by atoms with Gasteiger partial charge in [-0.05, 0) is 25.0 Å². The molecule has 2 atom stereocenters. The minimum atomic E-state index is -0.0544. The summed E-state index contributed by atoms with van der Waals surface area (Å²) in [6.45, 7) is 0.843. The first-order valence-corrected chi connectivity index (χ1v) is 6.18. The molecule has 0 spiro atoms. The molecule has 0 radical (unpaired) electrons. The van der Waals surface area contributed by atoms with E-state index in [0.29, 0.717) is 5.25 Å². The average molecular weight is 204 g/mol. The minimum absolute atomic E-state index is 0.0544. The molecule has 13 heavy (non-hydrogen) atoms. The molecule has 0 aliphatic heterocycles. The molecule has 0 amide bonds. The molecule has 0 aromatic carbocycles. The second-order valence-corrected chi connectivity index (χ2v) is 4.95. The van der Waals surface area contributed by atoms with Crippen LogP contribution >= 0.6 is 11.8 Å². The highest BCUT2D eigenvalue weighted by atomic mass is 32.2. The third kappa shape index (κ3) is 4.34. The van der Waals surface area contributed by atoms with E-state index in [1.54, 1.807) is 7.11 Å². The molecule has 1 rings (SSSR count). The first-order valence-electron chi connectivity index (χ1n) is 5.13. The molecule has 0 heterocycles. The molecule has 0 aromatic rings. The zero-order chi connectivity index (χ0) is 9.52. The van der Waals surface area contributed by atoms with Crippen LogP contribution in [-0.2, 0) is 4.74 Å². The van der Waals surface area contributed by atoms with E-state index in [0.717, 1.165) is 25.2 Å². The number of aliphatic hydroxyl groups is 1. The first-order chi connectivity index (χ1) is 6.34. The average Bonchev–Trinajstić information content (AvgIpc) is 2.15. The Labute approximate surface area is 85.0 Å². The van der Waals surface area contributed by atoms with Crippen molar-refractivity contribution < 1.29 is 9.84 Å². The van der Waals surface area contributed by atoms with Crippen molar-refractivity contribution >= 4 is 11.8 Å². The topological polar surface area (TPSA) is 29.5 Å². The molecule has 1 aliphatic carbocycles. The van der Waals surface area contributed by atoms with Crippen molar-refractivity contribution in [3.8, 4) is 0 Å². The largest absolute Gasteiger partial charge is 0.392 e. The third-order valence-corrected chi connectivity index (χ3v) is 3.99. The molecule has 1 fully saturated rings. The lowest BCUT2D eigenvalue weighted by Crippen LogP contribution is -2.27. The van der Waals surface area contributed by atoms with Crippen LogP contribution in [0.2, 0.25) is 0 Å². The first kappa shape index (κ1) is 11.3.